The van der Waals surface area contributed by atoms with Crippen molar-refractivity contribution in [3.63, 3.8) is 0 Å². The first-order chi connectivity index (χ1) is 16.8. The first kappa shape index (κ1) is 24.0. The Morgan fingerprint density at radius 1 is 0.914 bits per heavy atom. The lowest BCUT2D eigenvalue weighted by atomic mass is 10.1. The SMILES string of the molecule is Nc1c(-c2ccc(C(=O)NCCNCc3ccccc3)cc2)cnn1-c1ccc(C(F)(F)F)cc1. The second-order valence-electron chi connectivity index (χ2n) is 7.90. The molecule has 0 aliphatic rings. The number of hydrogen-bond acceptors (Lipinski definition) is 4. The van der Waals surface area contributed by atoms with Crippen LogP contribution < -0.4 is 16.4 Å². The first-order valence-corrected chi connectivity index (χ1v) is 11.0. The normalized spacial score (nSPS) is 11.4. The number of nitrogen functional groups attached to an aromatic ring is 1. The summed E-state index contributed by atoms with van der Waals surface area (Å²) < 4.78 is 39.8. The number of rotatable bonds is 8. The van der Waals surface area contributed by atoms with Crippen LogP contribution in [0.25, 0.3) is 16.8 Å². The fourth-order valence-corrected chi connectivity index (χ4v) is 3.57. The van der Waals surface area contributed by atoms with E-state index in [0.717, 1.165) is 24.2 Å². The van der Waals surface area contributed by atoms with Crippen molar-refractivity contribution in [3.05, 3.63) is 102 Å². The maximum Gasteiger partial charge on any atom is 0.416 e. The van der Waals surface area contributed by atoms with Crippen molar-refractivity contribution in [3.8, 4) is 16.8 Å². The Hall–Kier alpha value is -4.11. The Bertz CT molecular complexity index is 1270. The standard InChI is InChI=1S/C26H24F3N5O/c27-26(28,29)21-10-12-22(13-11-21)34-24(30)23(17-33-34)19-6-8-20(9-7-19)25(35)32-15-14-31-16-18-4-2-1-3-5-18/h1-13,17,31H,14-16,30H2,(H,32,35). The highest BCUT2D eigenvalue weighted by Crippen LogP contribution is 2.31. The third-order valence-electron chi connectivity index (χ3n) is 5.46. The van der Waals surface area contributed by atoms with Gasteiger partial charge in [-0.25, -0.2) is 4.68 Å². The summed E-state index contributed by atoms with van der Waals surface area (Å²) in [5.41, 5.74) is 8.92. The summed E-state index contributed by atoms with van der Waals surface area (Å²) in [5.74, 6) is 0.0953. The maximum atomic E-state index is 12.8. The molecular formula is C26H24F3N5O. The van der Waals surface area contributed by atoms with E-state index in [1.807, 2.05) is 30.3 Å². The van der Waals surface area contributed by atoms with Gasteiger partial charge in [-0.05, 0) is 47.5 Å². The van der Waals surface area contributed by atoms with Crippen molar-refractivity contribution in [2.24, 2.45) is 0 Å². The van der Waals surface area contributed by atoms with Gasteiger partial charge in [0.25, 0.3) is 5.91 Å². The van der Waals surface area contributed by atoms with Crippen LogP contribution in [0, 0.1) is 0 Å². The second kappa shape index (κ2) is 10.4. The van der Waals surface area contributed by atoms with Crippen molar-refractivity contribution < 1.29 is 18.0 Å². The zero-order valence-corrected chi connectivity index (χ0v) is 18.7. The summed E-state index contributed by atoms with van der Waals surface area (Å²) >= 11 is 0. The van der Waals surface area contributed by atoms with Gasteiger partial charge in [-0.3, -0.25) is 4.79 Å². The molecular weight excluding hydrogens is 455 g/mol. The number of nitrogens with two attached hydrogens (primary N) is 1. The minimum atomic E-state index is -4.41. The van der Waals surface area contributed by atoms with Crippen LogP contribution in [0.4, 0.5) is 19.0 Å². The highest BCUT2D eigenvalue weighted by atomic mass is 19.4. The molecule has 35 heavy (non-hydrogen) atoms. The van der Waals surface area contributed by atoms with Crippen LogP contribution in [0.3, 0.4) is 0 Å². The Kier molecular flexibility index (Phi) is 7.17. The van der Waals surface area contributed by atoms with Gasteiger partial charge in [0.15, 0.2) is 0 Å². The van der Waals surface area contributed by atoms with Gasteiger partial charge in [0.05, 0.1) is 17.4 Å². The zero-order valence-electron chi connectivity index (χ0n) is 18.7. The molecule has 4 N–H and O–H groups in total. The van der Waals surface area contributed by atoms with E-state index in [0.29, 0.717) is 29.9 Å². The van der Waals surface area contributed by atoms with Gasteiger partial charge < -0.3 is 16.4 Å². The molecule has 6 nitrogen and oxygen atoms in total. The Morgan fingerprint density at radius 3 is 2.26 bits per heavy atom. The van der Waals surface area contributed by atoms with Crippen LogP contribution in [-0.2, 0) is 12.7 Å². The second-order valence-corrected chi connectivity index (χ2v) is 7.90. The molecule has 0 fully saturated rings. The Morgan fingerprint density at radius 2 is 1.60 bits per heavy atom. The average molecular weight is 480 g/mol. The van der Waals surface area contributed by atoms with E-state index in [9.17, 15) is 18.0 Å². The topological polar surface area (TPSA) is 85.0 Å². The molecule has 0 unspecified atom stereocenters. The molecule has 0 spiro atoms. The lowest BCUT2D eigenvalue weighted by Crippen LogP contribution is -2.31. The fourth-order valence-electron chi connectivity index (χ4n) is 3.57. The number of amides is 1. The molecule has 1 heterocycles. The molecule has 0 saturated carbocycles. The quantitative estimate of drug-likeness (QED) is 0.321. The lowest BCUT2D eigenvalue weighted by Gasteiger charge is -2.09. The van der Waals surface area contributed by atoms with Gasteiger partial charge in [-0.2, -0.15) is 18.3 Å². The zero-order chi connectivity index (χ0) is 24.8. The number of nitrogens with one attached hydrogen (secondary N) is 2. The van der Waals surface area contributed by atoms with Gasteiger partial charge in [0.2, 0.25) is 0 Å². The van der Waals surface area contributed by atoms with E-state index in [4.69, 9.17) is 5.73 Å². The molecule has 1 aromatic heterocycles. The molecule has 1 amide bonds. The number of hydrogen-bond donors (Lipinski definition) is 3. The molecule has 0 radical (unpaired) electrons. The number of benzene rings is 3. The van der Waals surface area contributed by atoms with Crippen molar-refractivity contribution in [2.75, 3.05) is 18.8 Å². The average Bonchev–Trinajstić information content (AvgIpc) is 3.25. The van der Waals surface area contributed by atoms with Crippen molar-refractivity contribution in [2.45, 2.75) is 12.7 Å². The van der Waals surface area contributed by atoms with Crippen LogP contribution in [0.1, 0.15) is 21.5 Å². The minimum absolute atomic E-state index is 0.188. The smallest absolute Gasteiger partial charge is 0.383 e. The predicted octanol–water partition coefficient (Wildman–Crippen LogP) is 4.66. The highest BCUT2D eigenvalue weighted by molar-refractivity contribution is 5.94. The van der Waals surface area contributed by atoms with Gasteiger partial charge >= 0.3 is 6.18 Å². The summed E-state index contributed by atoms with van der Waals surface area (Å²) in [6.45, 7) is 1.85. The van der Waals surface area contributed by atoms with E-state index < -0.39 is 11.7 Å². The number of alkyl halides is 3. The number of nitrogens with zero attached hydrogens (tertiary/aromatic N) is 2. The number of carbonyl (C=O) groups is 1. The van der Waals surface area contributed by atoms with Crippen LogP contribution in [0.2, 0.25) is 0 Å². The summed E-state index contributed by atoms with van der Waals surface area (Å²) in [4.78, 5) is 12.4. The summed E-state index contributed by atoms with van der Waals surface area (Å²) in [7, 11) is 0. The molecule has 4 aromatic rings. The van der Waals surface area contributed by atoms with Crippen LogP contribution >= 0.6 is 0 Å². The molecule has 0 aliphatic heterocycles. The minimum Gasteiger partial charge on any atom is -0.383 e. The molecule has 0 aliphatic carbocycles. The van der Waals surface area contributed by atoms with Gasteiger partial charge in [0.1, 0.15) is 5.82 Å². The number of carbonyl (C=O) groups excluding carboxylic acids is 1. The lowest BCUT2D eigenvalue weighted by molar-refractivity contribution is -0.137. The van der Waals surface area contributed by atoms with Crippen molar-refractivity contribution >= 4 is 11.7 Å². The summed E-state index contributed by atoms with van der Waals surface area (Å²) in [6, 6.07) is 21.5. The van der Waals surface area contributed by atoms with Crippen LogP contribution in [0.5, 0.6) is 0 Å². The summed E-state index contributed by atoms with van der Waals surface area (Å²) in [5, 5.41) is 10.4. The van der Waals surface area contributed by atoms with Gasteiger partial charge in [0, 0.05) is 30.8 Å². The van der Waals surface area contributed by atoms with Crippen LogP contribution in [0.15, 0.2) is 85.1 Å². The molecule has 0 bridgehead atoms. The van der Waals surface area contributed by atoms with E-state index in [1.165, 1.54) is 22.4 Å². The Balaban J connectivity index is 1.34. The predicted molar refractivity (Wildman–Crippen MR) is 129 cm³/mol. The third-order valence-corrected chi connectivity index (χ3v) is 5.46. The molecule has 3 aromatic carbocycles. The largest absolute Gasteiger partial charge is 0.416 e. The Labute approximate surface area is 200 Å². The van der Waals surface area contributed by atoms with E-state index in [2.05, 4.69) is 15.7 Å². The molecule has 0 saturated heterocycles. The number of aromatic nitrogens is 2. The van der Waals surface area contributed by atoms with Crippen molar-refractivity contribution in [1.29, 1.82) is 0 Å². The van der Waals surface area contributed by atoms with E-state index >= 15 is 0 Å². The van der Waals surface area contributed by atoms with Crippen LogP contribution in [-0.4, -0.2) is 28.8 Å². The third kappa shape index (κ3) is 5.88. The van der Waals surface area contributed by atoms with Crippen molar-refractivity contribution in [1.82, 2.24) is 20.4 Å². The first-order valence-electron chi connectivity index (χ1n) is 11.0. The number of anilines is 1. The summed E-state index contributed by atoms with van der Waals surface area (Å²) in [6.07, 6.45) is -2.87. The monoisotopic (exact) mass is 479 g/mol. The molecule has 180 valence electrons. The van der Waals surface area contributed by atoms with E-state index in [1.54, 1.807) is 30.5 Å². The highest BCUT2D eigenvalue weighted by Gasteiger charge is 2.30. The fraction of sp³-hybridized carbons (Fsp3) is 0.154. The van der Waals surface area contributed by atoms with Gasteiger partial charge in [-0.15, -0.1) is 0 Å². The molecule has 0 atom stereocenters. The number of halogens is 3. The molecule has 9 heteroatoms. The molecule has 4 rings (SSSR count). The maximum absolute atomic E-state index is 12.8. The van der Waals surface area contributed by atoms with E-state index in [-0.39, 0.29) is 11.7 Å². The van der Waals surface area contributed by atoms with Gasteiger partial charge in [-0.1, -0.05) is 42.5 Å².